The van der Waals surface area contributed by atoms with Crippen LogP contribution in [0.2, 0.25) is 19.6 Å². The number of rotatable bonds is 2. The average Bonchev–Trinajstić information content (AvgIpc) is 2.65. The van der Waals surface area contributed by atoms with Crippen LogP contribution in [0, 0.1) is 11.8 Å². The maximum Gasteiger partial charge on any atom is 0.241 e. The third-order valence-electron chi connectivity index (χ3n) is 4.19. The molecule has 0 spiro atoms. The van der Waals surface area contributed by atoms with Crippen LogP contribution in [-0.4, -0.2) is 25.8 Å². The lowest BCUT2D eigenvalue weighted by Gasteiger charge is -2.35. The molecule has 1 heterocycles. The zero-order valence-electron chi connectivity index (χ0n) is 13.6. The molecule has 0 aromatic carbocycles. The molecule has 1 aliphatic heterocycles. The zero-order chi connectivity index (χ0) is 16.8. The quantitative estimate of drug-likeness (QED) is 0.788. The first kappa shape index (κ1) is 15.9. The summed E-state index contributed by atoms with van der Waals surface area (Å²) in [7, 11) is -1.89. The second kappa shape index (κ2) is 5.60. The van der Waals surface area contributed by atoms with Gasteiger partial charge >= 0.3 is 0 Å². The second-order valence-corrected chi connectivity index (χ2v) is 11.6. The number of ketones is 2. The molecular weight excluding hydrogens is 310 g/mol. The van der Waals surface area contributed by atoms with E-state index in [1.165, 1.54) is 0 Å². The fourth-order valence-corrected chi connectivity index (χ4v) is 4.19. The number of allylic oxidation sites excluding steroid dienone is 6. The maximum atomic E-state index is 13.0. The van der Waals surface area contributed by atoms with Gasteiger partial charge in [-0.15, -0.1) is 0 Å². The molecule has 2 aliphatic carbocycles. The molecule has 122 valence electrons. The molecule has 0 saturated heterocycles. The van der Waals surface area contributed by atoms with Gasteiger partial charge in [-0.25, -0.2) is 0 Å². The Morgan fingerprint density at radius 2 is 1.87 bits per heavy atom. The molecule has 2 atom stereocenters. The lowest BCUT2D eigenvalue weighted by Crippen LogP contribution is -2.44. The molecule has 0 radical (unpaired) electrons. The number of nitrogens with one attached hydrogen (secondary N) is 1. The third-order valence-corrected chi connectivity index (χ3v) is 5.04. The highest BCUT2D eigenvalue weighted by Gasteiger charge is 2.46. The highest BCUT2D eigenvalue weighted by Crippen LogP contribution is 2.39. The van der Waals surface area contributed by atoms with E-state index in [9.17, 15) is 14.4 Å². The van der Waals surface area contributed by atoms with Crippen molar-refractivity contribution in [2.24, 2.45) is 11.8 Å². The molecule has 2 unspecified atom stereocenters. The van der Waals surface area contributed by atoms with E-state index >= 15 is 0 Å². The van der Waals surface area contributed by atoms with Crippen molar-refractivity contribution in [2.45, 2.75) is 38.9 Å². The summed E-state index contributed by atoms with van der Waals surface area (Å²) < 4.78 is 6.06. The monoisotopic (exact) mass is 331 g/mol. The first-order valence-electron chi connectivity index (χ1n) is 7.97. The van der Waals surface area contributed by atoms with Gasteiger partial charge < -0.3 is 9.74 Å². The molecule has 0 aromatic rings. The Kier molecular flexibility index (Phi) is 3.88. The molecule has 0 saturated carbocycles. The van der Waals surface area contributed by atoms with E-state index < -0.39 is 20.2 Å². The van der Waals surface area contributed by atoms with Crippen LogP contribution in [0.1, 0.15) is 19.3 Å². The van der Waals surface area contributed by atoms with E-state index in [1.807, 2.05) is 19.6 Å². The lowest BCUT2D eigenvalue weighted by molar-refractivity contribution is -0.129. The summed E-state index contributed by atoms with van der Waals surface area (Å²) in [4.78, 5) is 37.5. The summed E-state index contributed by atoms with van der Waals surface area (Å²) >= 11 is 0. The normalized spacial score (nSPS) is 27.8. The molecule has 1 amide bonds. The lowest BCUT2D eigenvalue weighted by atomic mass is 9.72. The predicted molar refractivity (Wildman–Crippen MR) is 87.7 cm³/mol. The minimum atomic E-state index is -1.89. The summed E-state index contributed by atoms with van der Waals surface area (Å²) in [5, 5.41) is 2.64. The second-order valence-electron chi connectivity index (χ2n) is 7.16. The van der Waals surface area contributed by atoms with E-state index in [2.05, 4.69) is 5.32 Å². The van der Waals surface area contributed by atoms with Gasteiger partial charge in [-0.3, -0.25) is 14.4 Å². The summed E-state index contributed by atoms with van der Waals surface area (Å²) in [6, 6.07) is 0. The number of Topliss-reactive ketones (excluding diaryl/α,β-unsaturated/α-hetero) is 2. The molecule has 0 fully saturated rings. The smallest absolute Gasteiger partial charge is 0.241 e. The van der Waals surface area contributed by atoms with E-state index in [0.717, 1.165) is 0 Å². The van der Waals surface area contributed by atoms with Crippen molar-refractivity contribution in [3.05, 3.63) is 35.3 Å². The van der Waals surface area contributed by atoms with Crippen LogP contribution in [0.25, 0.3) is 0 Å². The Morgan fingerprint density at radius 3 is 2.57 bits per heavy atom. The maximum absolute atomic E-state index is 13.0. The molecule has 23 heavy (non-hydrogen) atoms. The Bertz CT molecular complexity index is 681. The van der Waals surface area contributed by atoms with Gasteiger partial charge in [0, 0.05) is 12.0 Å². The van der Waals surface area contributed by atoms with Gasteiger partial charge in [0.25, 0.3) is 0 Å². The molecule has 0 aromatic heterocycles. The first-order valence-corrected chi connectivity index (χ1v) is 11.4. The Labute approximate surface area is 136 Å². The van der Waals surface area contributed by atoms with E-state index in [-0.39, 0.29) is 23.2 Å². The van der Waals surface area contributed by atoms with Crippen molar-refractivity contribution < 1.29 is 18.8 Å². The fraction of sp³-hybridized carbons (Fsp3) is 0.471. The van der Waals surface area contributed by atoms with Crippen molar-refractivity contribution >= 4 is 25.8 Å². The topological polar surface area (TPSA) is 72.5 Å². The molecule has 3 aliphatic rings. The molecule has 5 nitrogen and oxygen atoms in total. The minimum Gasteiger partial charge on any atom is -0.547 e. The molecule has 3 rings (SSSR count). The average molecular weight is 331 g/mol. The van der Waals surface area contributed by atoms with Gasteiger partial charge in [0.2, 0.25) is 14.2 Å². The first-order chi connectivity index (χ1) is 10.8. The standard InChI is InChI=1S/C17H21NO4Si/c1-23(2,3)22-12-8-4-6-10-14(12)16(20)11-7-5-9-13(19)18-15(11)17(10)21/h4,6,8,10,14H,5,7,9H2,1-3H3,(H,18,19). The largest absolute Gasteiger partial charge is 0.547 e. The number of amides is 1. The highest BCUT2D eigenvalue weighted by atomic mass is 28.4. The van der Waals surface area contributed by atoms with Crippen molar-refractivity contribution in [1.29, 1.82) is 0 Å². The van der Waals surface area contributed by atoms with E-state index in [4.69, 9.17) is 4.43 Å². The third kappa shape index (κ3) is 2.95. The van der Waals surface area contributed by atoms with E-state index in [1.54, 1.807) is 18.2 Å². The van der Waals surface area contributed by atoms with Gasteiger partial charge in [0.1, 0.15) is 0 Å². The number of fused-ring (bicyclic) bond motifs is 1. The molecular formula is C17H21NO4Si. The molecule has 0 bridgehead atoms. The highest BCUT2D eigenvalue weighted by molar-refractivity contribution is 6.70. The van der Waals surface area contributed by atoms with Crippen LogP contribution in [0.15, 0.2) is 35.3 Å². The van der Waals surface area contributed by atoms with Crippen LogP contribution in [0.5, 0.6) is 0 Å². The number of hydrogen-bond donors (Lipinski definition) is 1. The van der Waals surface area contributed by atoms with Crippen LogP contribution >= 0.6 is 0 Å². The molecule has 1 N–H and O–H groups in total. The number of carbonyl (C=O) groups excluding carboxylic acids is 3. The van der Waals surface area contributed by atoms with Gasteiger partial charge in [-0.1, -0.05) is 12.2 Å². The zero-order valence-corrected chi connectivity index (χ0v) is 14.6. The summed E-state index contributed by atoms with van der Waals surface area (Å²) in [5.41, 5.74) is 0.667. The van der Waals surface area contributed by atoms with Crippen molar-refractivity contribution in [3.8, 4) is 0 Å². The van der Waals surface area contributed by atoms with Gasteiger partial charge in [-0.2, -0.15) is 0 Å². The van der Waals surface area contributed by atoms with Crippen LogP contribution in [-0.2, 0) is 18.8 Å². The summed E-state index contributed by atoms with van der Waals surface area (Å²) in [5.74, 6) is -1.01. The predicted octanol–water partition coefficient (Wildman–Crippen LogP) is 2.23. The van der Waals surface area contributed by atoms with Crippen molar-refractivity contribution in [3.63, 3.8) is 0 Å². The summed E-state index contributed by atoms with van der Waals surface area (Å²) in [6.07, 6.45) is 6.70. The molecule has 6 heteroatoms. The Hall–Kier alpha value is -1.95. The summed E-state index contributed by atoms with van der Waals surface area (Å²) in [6.45, 7) is 6.15. The van der Waals surface area contributed by atoms with Gasteiger partial charge in [-0.05, 0) is 38.6 Å². The van der Waals surface area contributed by atoms with Crippen LogP contribution in [0.3, 0.4) is 0 Å². The minimum absolute atomic E-state index is 0.0827. The Balaban J connectivity index is 2.02. The van der Waals surface area contributed by atoms with Crippen LogP contribution in [0.4, 0.5) is 0 Å². The van der Waals surface area contributed by atoms with Crippen LogP contribution < -0.4 is 5.32 Å². The SMILES string of the molecule is C[Si](C)(C)OC1=CC=CC2C(=O)C3=C(CCCC(=O)N3)C(=O)C12. The van der Waals surface area contributed by atoms with Gasteiger partial charge in [0.05, 0.1) is 23.3 Å². The van der Waals surface area contributed by atoms with Crippen molar-refractivity contribution in [2.75, 3.05) is 0 Å². The van der Waals surface area contributed by atoms with Gasteiger partial charge in [0.15, 0.2) is 11.6 Å². The number of carbonyl (C=O) groups is 3. The van der Waals surface area contributed by atoms with E-state index in [0.29, 0.717) is 30.6 Å². The van der Waals surface area contributed by atoms with Crippen molar-refractivity contribution in [1.82, 2.24) is 5.32 Å². The fourth-order valence-electron chi connectivity index (χ4n) is 3.28. The number of hydrogen-bond acceptors (Lipinski definition) is 4. The Morgan fingerprint density at radius 1 is 1.13 bits per heavy atom.